The molecule has 3 amide bonds. The van der Waals surface area contributed by atoms with Gasteiger partial charge in [0.1, 0.15) is 5.78 Å². The third kappa shape index (κ3) is 6.27. The quantitative estimate of drug-likeness (QED) is 0.713. The number of Topliss-reactive ketones (excluding diaryl/α,β-unsaturated/α-hetero) is 1. The minimum absolute atomic E-state index is 0.0914. The number of amides is 3. The molecule has 1 heterocycles. The number of carbonyl (C=O) groups excluding carboxylic acids is 3. The maximum atomic E-state index is 13.3. The van der Waals surface area contributed by atoms with E-state index in [-0.39, 0.29) is 23.8 Å². The lowest BCUT2D eigenvalue weighted by Gasteiger charge is -2.45. The number of hydrogen-bond donors (Lipinski definition) is 1. The van der Waals surface area contributed by atoms with Crippen molar-refractivity contribution in [1.29, 1.82) is 0 Å². The second kappa shape index (κ2) is 10.3. The number of hydrogen-bond acceptors (Lipinski definition) is 5. The van der Waals surface area contributed by atoms with Gasteiger partial charge in [0, 0.05) is 45.1 Å². The summed E-state index contributed by atoms with van der Waals surface area (Å²) in [6.45, 7) is 6.55. The molecule has 7 heteroatoms. The van der Waals surface area contributed by atoms with Crippen molar-refractivity contribution < 1.29 is 14.4 Å². The van der Waals surface area contributed by atoms with Gasteiger partial charge in [0.2, 0.25) is 5.91 Å². The Kier molecular flexibility index (Phi) is 8.43. The molecule has 0 aromatic heterocycles. The van der Waals surface area contributed by atoms with Crippen molar-refractivity contribution >= 4 is 17.7 Å². The molecule has 2 rings (SSSR count). The Labute approximate surface area is 169 Å². The molecule has 7 nitrogen and oxygen atoms in total. The zero-order chi connectivity index (χ0) is 20.8. The molecule has 0 spiro atoms. The van der Waals surface area contributed by atoms with Gasteiger partial charge in [-0.1, -0.05) is 13.8 Å². The van der Waals surface area contributed by atoms with Gasteiger partial charge in [-0.05, 0) is 52.2 Å². The highest BCUT2D eigenvalue weighted by Gasteiger charge is 2.42. The molecule has 0 aromatic carbocycles. The Morgan fingerprint density at radius 3 is 2.61 bits per heavy atom. The normalized spacial score (nSPS) is 25.7. The van der Waals surface area contributed by atoms with Crippen LogP contribution in [0.2, 0.25) is 0 Å². The van der Waals surface area contributed by atoms with E-state index in [4.69, 9.17) is 0 Å². The van der Waals surface area contributed by atoms with Crippen LogP contribution in [0.5, 0.6) is 0 Å². The fourth-order valence-electron chi connectivity index (χ4n) is 4.40. The summed E-state index contributed by atoms with van der Waals surface area (Å²) in [4.78, 5) is 43.6. The summed E-state index contributed by atoms with van der Waals surface area (Å²) < 4.78 is 0. The number of piperidine rings is 1. The zero-order valence-corrected chi connectivity index (χ0v) is 18.2. The van der Waals surface area contributed by atoms with E-state index >= 15 is 0 Å². The second-order valence-corrected chi connectivity index (χ2v) is 9.19. The van der Waals surface area contributed by atoms with Gasteiger partial charge in [-0.3, -0.25) is 14.5 Å². The van der Waals surface area contributed by atoms with Gasteiger partial charge in [-0.15, -0.1) is 0 Å². The molecular formula is C21H38N4O3. The number of urea groups is 1. The van der Waals surface area contributed by atoms with E-state index in [1.54, 1.807) is 0 Å². The monoisotopic (exact) mass is 394 g/mol. The molecule has 2 fully saturated rings. The lowest BCUT2D eigenvalue weighted by molar-refractivity contribution is -0.138. The summed E-state index contributed by atoms with van der Waals surface area (Å²) in [5, 5.41) is 2.89. The van der Waals surface area contributed by atoms with E-state index in [0.29, 0.717) is 56.6 Å². The summed E-state index contributed by atoms with van der Waals surface area (Å²) in [6, 6.07) is 0.0942. The van der Waals surface area contributed by atoms with E-state index in [2.05, 4.69) is 24.1 Å². The highest BCUT2D eigenvalue weighted by molar-refractivity contribution is 5.95. The molecule has 3 atom stereocenters. The maximum absolute atomic E-state index is 13.3. The third-order valence-corrected chi connectivity index (χ3v) is 6.04. The van der Waals surface area contributed by atoms with Gasteiger partial charge >= 0.3 is 6.03 Å². The number of likely N-dealkylation sites (tertiary alicyclic amines) is 1. The Bertz CT molecular complexity index is 564. The van der Waals surface area contributed by atoms with Gasteiger partial charge < -0.3 is 15.1 Å². The number of nitrogens with zero attached hydrogens (tertiary/aromatic N) is 3. The van der Waals surface area contributed by atoms with Crippen molar-refractivity contribution in [1.82, 2.24) is 20.0 Å². The molecule has 28 heavy (non-hydrogen) atoms. The number of ketones is 1. The standard InChI is InChI=1S/C21H38N4O3/c1-15(2)8-10-25(21(28)22-9-11-23(3)4)20(27)17-12-16-13-18(26)6-7-19(16)24(5)14-17/h15-17,19H,6-14H2,1-5H3,(H,22,28)/t16-,17-,19-/m1/s1. The summed E-state index contributed by atoms with van der Waals surface area (Å²) >= 11 is 0. The van der Waals surface area contributed by atoms with Crippen LogP contribution in [-0.4, -0.2) is 85.8 Å². The van der Waals surface area contributed by atoms with Crippen LogP contribution < -0.4 is 5.32 Å². The molecule has 0 radical (unpaired) electrons. The first-order chi connectivity index (χ1) is 13.2. The molecule has 2 aliphatic rings. The lowest BCUT2D eigenvalue weighted by atomic mass is 9.74. The number of likely N-dealkylation sites (N-methyl/N-ethyl adjacent to an activating group) is 1. The van der Waals surface area contributed by atoms with Crippen LogP contribution in [-0.2, 0) is 9.59 Å². The zero-order valence-electron chi connectivity index (χ0n) is 18.2. The highest BCUT2D eigenvalue weighted by atomic mass is 16.2. The minimum atomic E-state index is -0.294. The molecule has 1 saturated heterocycles. The molecule has 0 aromatic rings. The topological polar surface area (TPSA) is 73.0 Å². The summed E-state index contributed by atoms with van der Waals surface area (Å²) in [7, 11) is 5.95. The maximum Gasteiger partial charge on any atom is 0.324 e. The first-order valence-electron chi connectivity index (χ1n) is 10.6. The fourth-order valence-corrected chi connectivity index (χ4v) is 4.40. The fraction of sp³-hybridized carbons (Fsp3) is 0.857. The van der Waals surface area contributed by atoms with Crippen molar-refractivity contribution in [2.75, 3.05) is 47.3 Å². The van der Waals surface area contributed by atoms with Gasteiger partial charge in [0.25, 0.3) is 0 Å². The summed E-state index contributed by atoms with van der Waals surface area (Å²) in [6.07, 6.45) is 3.62. The van der Waals surface area contributed by atoms with E-state index in [1.807, 2.05) is 26.0 Å². The van der Waals surface area contributed by atoms with Crippen molar-refractivity contribution in [3.8, 4) is 0 Å². The largest absolute Gasteiger partial charge is 0.336 e. The van der Waals surface area contributed by atoms with Crippen LogP contribution in [0, 0.1) is 17.8 Å². The van der Waals surface area contributed by atoms with Gasteiger partial charge in [0.15, 0.2) is 0 Å². The van der Waals surface area contributed by atoms with Crippen LogP contribution >= 0.6 is 0 Å². The van der Waals surface area contributed by atoms with Crippen molar-refractivity contribution in [2.24, 2.45) is 17.8 Å². The van der Waals surface area contributed by atoms with Crippen LogP contribution in [0.15, 0.2) is 0 Å². The average molecular weight is 395 g/mol. The smallest absolute Gasteiger partial charge is 0.324 e. The number of fused-ring (bicyclic) bond motifs is 1. The predicted octanol–water partition coefficient (Wildman–Crippen LogP) is 1.82. The summed E-state index contributed by atoms with van der Waals surface area (Å²) in [5.74, 6) is 0.646. The van der Waals surface area contributed by atoms with Crippen molar-refractivity contribution in [3.63, 3.8) is 0 Å². The van der Waals surface area contributed by atoms with E-state index in [1.165, 1.54) is 4.90 Å². The molecule has 1 saturated carbocycles. The van der Waals surface area contributed by atoms with E-state index in [0.717, 1.165) is 19.4 Å². The first-order valence-corrected chi connectivity index (χ1v) is 10.6. The van der Waals surface area contributed by atoms with Gasteiger partial charge in [-0.25, -0.2) is 4.79 Å². The number of rotatable bonds is 7. The first kappa shape index (κ1) is 22.8. The van der Waals surface area contributed by atoms with Crippen LogP contribution in [0.3, 0.4) is 0 Å². The van der Waals surface area contributed by atoms with Crippen LogP contribution in [0.25, 0.3) is 0 Å². The lowest BCUT2D eigenvalue weighted by Crippen LogP contribution is -2.55. The van der Waals surface area contributed by atoms with Crippen LogP contribution in [0.1, 0.15) is 46.0 Å². The Morgan fingerprint density at radius 1 is 1.25 bits per heavy atom. The van der Waals surface area contributed by atoms with Gasteiger partial charge in [0.05, 0.1) is 5.92 Å². The molecule has 0 unspecified atom stereocenters. The number of carbonyl (C=O) groups is 3. The Hall–Kier alpha value is -1.47. The van der Waals surface area contributed by atoms with Crippen molar-refractivity contribution in [3.05, 3.63) is 0 Å². The third-order valence-electron chi connectivity index (χ3n) is 6.04. The average Bonchev–Trinajstić information content (AvgIpc) is 2.60. The Morgan fingerprint density at radius 2 is 1.96 bits per heavy atom. The minimum Gasteiger partial charge on any atom is -0.336 e. The molecule has 1 aliphatic heterocycles. The second-order valence-electron chi connectivity index (χ2n) is 9.19. The van der Waals surface area contributed by atoms with Gasteiger partial charge in [-0.2, -0.15) is 0 Å². The number of nitrogens with one attached hydrogen (secondary N) is 1. The molecule has 1 N–H and O–H groups in total. The SMILES string of the molecule is CC(C)CCN(C(=O)NCCN(C)C)C(=O)[C@@H]1C[C@@H]2CC(=O)CC[C@H]2N(C)C1. The van der Waals surface area contributed by atoms with Crippen molar-refractivity contribution in [2.45, 2.75) is 52.0 Å². The van der Waals surface area contributed by atoms with E-state index in [9.17, 15) is 14.4 Å². The molecule has 1 aliphatic carbocycles. The predicted molar refractivity (Wildman–Crippen MR) is 110 cm³/mol. The number of imide groups is 1. The molecular weight excluding hydrogens is 356 g/mol. The highest BCUT2D eigenvalue weighted by Crippen LogP contribution is 2.36. The van der Waals surface area contributed by atoms with Crippen LogP contribution in [0.4, 0.5) is 4.79 Å². The summed E-state index contributed by atoms with van der Waals surface area (Å²) in [5.41, 5.74) is 0. The molecule has 0 bridgehead atoms. The van der Waals surface area contributed by atoms with E-state index < -0.39 is 0 Å². The molecule has 160 valence electrons. The Balaban J connectivity index is 2.05.